The smallest absolute Gasteiger partial charge is 0.323 e. The molecule has 0 atom stereocenters. The van der Waals surface area contributed by atoms with Crippen molar-refractivity contribution < 1.29 is 23.1 Å². The van der Waals surface area contributed by atoms with Crippen LogP contribution in [0, 0.1) is 11.6 Å². The Labute approximate surface area is 202 Å². The Morgan fingerprint density at radius 1 is 0.886 bits per heavy atom. The molecule has 3 aromatic rings. The van der Waals surface area contributed by atoms with Gasteiger partial charge in [0.1, 0.15) is 17.4 Å². The van der Waals surface area contributed by atoms with Crippen LogP contribution in [0.5, 0.6) is 5.75 Å². The van der Waals surface area contributed by atoms with E-state index >= 15 is 0 Å². The number of ether oxygens (including phenoxy) is 1. The number of nitrogens with zero attached hydrogens (tertiary/aromatic N) is 2. The molecule has 0 aliphatic carbocycles. The molecule has 3 aromatic carbocycles. The van der Waals surface area contributed by atoms with Gasteiger partial charge in [-0.25, -0.2) is 13.6 Å². The average molecular weight is 481 g/mol. The zero-order valence-electron chi connectivity index (χ0n) is 19.3. The molecular weight excluding hydrogens is 454 g/mol. The van der Waals surface area contributed by atoms with Gasteiger partial charge in [0.2, 0.25) is 5.91 Å². The molecule has 9 heteroatoms. The molecule has 0 bridgehead atoms. The first-order valence-corrected chi connectivity index (χ1v) is 11.2. The molecule has 3 amide bonds. The minimum absolute atomic E-state index is 0.0953. The molecule has 1 aliphatic heterocycles. The Bertz CT molecular complexity index is 1180. The van der Waals surface area contributed by atoms with Gasteiger partial charge in [0.25, 0.3) is 0 Å². The number of hydrogen-bond donors (Lipinski definition) is 2. The minimum atomic E-state index is -0.850. The molecule has 2 N–H and O–H groups in total. The van der Waals surface area contributed by atoms with Gasteiger partial charge in [-0.05, 0) is 54.1 Å². The molecule has 0 radical (unpaired) electrons. The Morgan fingerprint density at radius 3 is 2.20 bits per heavy atom. The van der Waals surface area contributed by atoms with E-state index in [2.05, 4.69) is 15.5 Å². The summed E-state index contributed by atoms with van der Waals surface area (Å²) in [6.07, 6.45) is 0.355. The van der Waals surface area contributed by atoms with Crippen LogP contribution >= 0.6 is 0 Å². The van der Waals surface area contributed by atoms with Crippen molar-refractivity contribution in [3.05, 3.63) is 83.9 Å². The third kappa shape index (κ3) is 6.26. The number of nitrogens with one attached hydrogen (secondary N) is 2. The lowest BCUT2D eigenvalue weighted by atomic mass is 10.1. The number of carbonyl (C=O) groups is 2. The van der Waals surface area contributed by atoms with Gasteiger partial charge in [0.05, 0.1) is 19.2 Å². The predicted molar refractivity (Wildman–Crippen MR) is 131 cm³/mol. The van der Waals surface area contributed by atoms with Gasteiger partial charge in [-0.2, -0.15) is 0 Å². The molecule has 1 fully saturated rings. The summed E-state index contributed by atoms with van der Waals surface area (Å²) in [5.41, 5.74) is 2.34. The molecule has 182 valence electrons. The lowest BCUT2D eigenvalue weighted by Gasteiger charge is -2.36. The maximum Gasteiger partial charge on any atom is 0.323 e. The highest BCUT2D eigenvalue weighted by Crippen LogP contribution is 2.21. The van der Waals surface area contributed by atoms with Crippen LogP contribution in [-0.2, 0) is 11.2 Å². The van der Waals surface area contributed by atoms with Crippen LogP contribution in [-0.4, -0.2) is 50.1 Å². The second-order valence-electron chi connectivity index (χ2n) is 8.14. The molecule has 35 heavy (non-hydrogen) atoms. The van der Waals surface area contributed by atoms with Gasteiger partial charge in [0, 0.05) is 43.6 Å². The first-order valence-electron chi connectivity index (χ1n) is 11.2. The van der Waals surface area contributed by atoms with E-state index in [4.69, 9.17) is 4.74 Å². The van der Waals surface area contributed by atoms with Crippen molar-refractivity contribution in [3.63, 3.8) is 0 Å². The molecule has 1 saturated heterocycles. The second kappa shape index (κ2) is 10.9. The molecule has 0 unspecified atom stereocenters. The Kier molecular flexibility index (Phi) is 7.45. The number of urea groups is 1. The maximum atomic E-state index is 13.7. The van der Waals surface area contributed by atoms with Gasteiger partial charge >= 0.3 is 6.03 Å². The SMILES string of the molecule is COc1ccc(CC(=O)N2CCN(c3ccc(NC(=O)Nc4ccc(F)cc4F)cc3)CC2)cc1. The first-order chi connectivity index (χ1) is 16.9. The van der Waals surface area contributed by atoms with Crippen LogP contribution in [0.3, 0.4) is 0 Å². The van der Waals surface area contributed by atoms with Crippen molar-refractivity contribution in [2.75, 3.05) is 48.8 Å². The number of amides is 3. The monoisotopic (exact) mass is 480 g/mol. The molecule has 0 spiro atoms. The summed E-state index contributed by atoms with van der Waals surface area (Å²) in [6, 6.07) is 17.1. The quantitative estimate of drug-likeness (QED) is 0.545. The highest BCUT2D eigenvalue weighted by molar-refractivity contribution is 5.99. The van der Waals surface area contributed by atoms with E-state index in [-0.39, 0.29) is 11.6 Å². The average Bonchev–Trinajstić information content (AvgIpc) is 2.87. The lowest BCUT2D eigenvalue weighted by Crippen LogP contribution is -2.49. The van der Waals surface area contributed by atoms with Crippen LogP contribution in [0.4, 0.5) is 30.6 Å². The number of anilines is 3. The summed E-state index contributed by atoms with van der Waals surface area (Å²) in [4.78, 5) is 28.8. The predicted octanol–water partition coefficient (Wildman–Crippen LogP) is 4.51. The molecule has 0 aromatic heterocycles. The van der Waals surface area contributed by atoms with Crippen molar-refractivity contribution in [1.29, 1.82) is 0 Å². The number of piperazine rings is 1. The van der Waals surface area contributed by atoms with Crippen LogP contribution in [0.1, 0.15) is 5.56 Å². The number of carbonyl (C=O) groups excluding carboxylic acids is 2. The number of methoxy groups -OCH3 is 1. The number of benzene rings is 3. The largest absolute Gasteiger partial charge is 0.497 e. The molecule has 4 rings (SSSR count). The lowest BCUT2D eigenvalue weighted by molar-refractivity contribution is -0.130. The maximum absolute atomic E-state index is 13.7. The fourth-order valence-corrected chi connectivity index (χ4v) is 3.87. The van der Waals surface area contributed by atoms with E-state index in [0.29, 0.717) is 44.4 Å². The van der Waals surface area contributed by atoms with Crippen molar-refractivity contribution in [3.8, 4) is 5.75 Å². The molecule has 1 heterocycles. The van der Waals surface area contributed by atoms with Gasteiger partial charge in [-0.15, -0.1) is 0 Å². The summed E-state index contributed by atoms with van der Waals surface area (Å²) in [7, 11) is 1.61. The normalized spacial score (nSPS) is 13.3. The van der Waals surface area contributed by atoms with Crippen LogP contribution < -0.4 is 20.3 Å². The topological polar surface area (TPSA) is 73.9 Å². The first kappa shape index (κ1) is 24.0. The van der Waals surface area contributed by atoms with E-state index in [1.807, 2.05) is 41.3 Å². The summed E-state index contributed by atoms with van der Waals surface area (Å²) in [6.45, 7) is 2.65. The van der Waals surface area contributed by atoms with Gasteiger partial charge in [-0.1, -0.05) is 12.1 Å². The Balaban J connectivity index is 1.26. The summed E-state index contributed by atoms with van der Waals surface area (Å²) < 4.78 is 31.9. The van der Waals surface area contributed by atoms with E-state index < -0.39 is 17.7 Å². The molecule has 1 aliphatic rings. The molecular formula is C26H26F2N4O3. The number of rotatable bonds is 6. The third-order valence-electron chi connectivity index (χ3n) is 5.82. The number of halogens is 2. The van der Waals surface area contributed by atoms with Gasteiger partial charge in [-0.3, -0.25) is 4.79 Å². The minimum Gasteiger partial charge on any atom is -0.497 e. The van der Waals surface area contributed by atoms with E-state index in [9.17, 15) is 18.4 Å². The van der Waals surface area contributed by atoms with Crippen molar-refractivity contribution in [2.24, 2.45) is 0 Å². The van der Waals surface area contributed by atoms with E-state index in [0.717, 1.165) is 29.1 Å². The van der Waals surface area contributed by atoms with Crippen LogP contribution in [0.25, 0.3) is 0 Å². The van der Waals surface area contributed by atoms with Gasteiger partial charge < -0.3 is 25.2 Å². The zero-order valence-corrected chi connectivity index (χ0v) is 19.3. The summed E-state index contributed by atoms with van der Waals surface area (Å²) in [5, 5.41) is 4.98. The second-order valence-corrected chi connectivity index (χ2v) is 8.14. The molecule has 0 saturated carbocycles. The highest BCUT2D eigenvalue weighted by Gasteiger charge is 2.21. The van der Waals surface area contributed by atoms with Crippen LogP contribution in [0.2, 0.25) is 0 Å². The third-order valence-corrected chi connectivity index (χ3v) is 5.82. The van der Waals surface area contributed by atoms with Gasteiger partial charge in [0.15, 0.2) is 0 Å². The Hall–Kier alpha value is -4.14. The standard InChI is InChI=1S/C26H26F2N4O3/c1-35-22-9-2-18(3-10-22)16-25(33)32-14-12-31(13-15-32)21-7-5-20(6-8-21)29-26(34)30-24-11-4-19(27)17-23(24)28/h2-11,17H,12-16H2,1H3,(H2,29,30,34). The van der Waals surface area contributed by atoms with Crippen molar-refractivity contribution in [2.45, 2.75) is 6.42 Å². The van der Waals surface area contributed by atoms with Crippen LogP contribution in [0.15, 0.2) is 66.7 Å². The fourth-order valence-electron chi connectivity index (χ4n) is 3.87. The Morgan fingerprint density at radius 2 is 1.57 bits per heavy atom. The molecule has 7 nitrogen and oxygen atoms in total. The van der Waals surface area contributed by atoms with Crippen molar-refractivity contribution >= 4 is 29.0 Å². The fraction of sp³-hybridized carbons (Fsp3) is 0.231. The van der Waals surface area contributed by atoms with E-state index in [1.54, 1.807) is 19.2 Å². The summed E-state index contributed by atoms with van der Waals surface area (Å²) >= 11 is 0. The summed E-state index contributed by atoms with van der Waals surface area (Å²) in [5.74, 6) is -0.708. The zero-order chi connectivity index (χ0) is 24.8. The van der Waals surface area contributed by atoms with Crippen molar-refractivity contribution in [1.82, 2.24) is 4.90 Å². The number of hydrogen-bond acceptors (Lipinski definition) is 4. The van der Waals surface area contributed by atoms with E-state index in [1.165, 1.54) is 0 Å². The highest BCUT2D eigenvalue weighted by atomic mass is 19.1.